The van der Waals surface area contributed by atoms with Crippen molar-refractivity contribution >= 4 is 0 Å². The van der Waals surface area contributed by atoms with Crippen LogP contribution in [-0.2, 0) is 13.1 Å². The number of benzene rings is 1. The van der Waals surface area contributed by atoms with Crippen LogP contribution in [0.25, 0.3) is 0 Å². The van der Waals surface area contributed by atoms with Crippen LogP contribution >= 0.6 is 0 Å². The highest BCUT2D eigenvalue weighted by atomic mass is 15.2. The number of piperidine rings is 2. The minimum atomic E-state index is 0.781. The molecule has 0 saturated carbocycles. The van der Waals surface area contributed by atoms with Crippen LogP contribution in [0.3, 0.4) is 0 Å². The monoisotopic (exact) mass is 324 g/mol. The number of aromatic nitrogens is 2. The molecule has 2 aliphatic heterocycles. The molecule has 2 aromatic rings. The van der Waals surface area contributed by atoms with E-state index in [4.69, 9.17) is 0 Å². The second-order valence-corrected chi connectivity index (χ2v) is 7.32. The molecular weight excluding hydrogens is 296 g/mol. The molecule has 2 fully saturated rings. The summed E-state index contributed by atoms with van der Waals surface area (Å²) in [6.45, 7) is 7.11. The number of likely N-dealkylation sites (tertiary alicyclic amines) is 2. The molecule has 0 unspecified atom stereocenters. The standard InChI is InChI=1S/C20H28N4/c1-2-5-18(6-3-1)15-24-10-4-7-19-16-22(11-8-20(19)24)13-14-23-12-9-21-17-23/h1-3,5-6,9,12,17,19-20H,4,7-8,10-11,13-16H2/t19-,20+/m0/s1. The number of hydrogen-bond acceptors (Lipinski definition) is 3. The molecule has 1 aromatic carbocycles. The molecule has 0 aliphatic carbocycles. The molecule has 0 N–H and O–H groups in total. The van der Waals surface area contributed by atoms with Gasteiger partial charge in [0.15, 0.2) is 0 Å². The van der Waals surface area contributed by atoms with Gasteiger partial charge in [0.1, 0.15) is 0 Å². The fourth-order valence-corrected chi connectivity index (χ4v) is 4.48. The first-order valence-corrected chi connectivity index (χ1v) is 9.34. The maximum atomic E-state index is 4.14. The van der Waals surface area contributed by atoms with E-state index in [2.05, 4.69) is 55.9 Å². The predicted molar refractivity (Wildman–Crippen MR) is 96.6 cm³/mol. The Morgan fingerprint density at radius 2 is 1.96 bits per heavy atom. The number of nitrogens with zero attached hydrogens (tertiary/aromatic N) is 4. The molecule has 3 heterocycles. The Morgan fingerprint density at radius 3 is 2.79 bits per heavy atom. The summed E-state index contributed by atoms with van der Waals surface area (Å²) in [6, 6.07) is 11.8. The van der Waals surface area contributed by atoms with E-state index < -0.39 is 0 Å². The first-order chi connectivity index (χ1) is 11.9. The van der Waals surface area contributed by atoms with Gasteiger partial charge in [-0.25, -0.2) is 4.98 Å². The molecule has 0 bridgehead atoms. The van der Waals surface area contributed by atoms with Gasteiger partial charge in [0, 0.05) is 44.6 Å². The molecule has 1 aromatic heterocycles. The Balaban J connectivity index is 1.33. The van der Waals surface area contributed by atoms with E-state index in [1.165, 1.54) is 44.5 Å². The minimum absolute atomic E-state index is 0.781. The summed E-state index contributed by atoms with van der Waals surface area (Å²) in [7, 11) is 0. The Bertz CT molecular complexity index is 610. The van der Waals surface area contributed by atoms with E-state index in [0.717, 1.165) is 31.6 Å². The lowest BCUT2D eigenvalue weighted by molar-refractivity contribution is 0.0173. The summed E-state index contributed by atoms with van der Waals surface area (Å²) >= 11 is 0. The van der Waals surface area contributed by atoms with Gasteiger partial charge in [0.05, 0.1) is 6.33 Å². The zero-order valence-corrected chi connectivity index (χ0v) is 14.4. The molecule has 0 radical (unpaired) electrons. The largest absolute Gasteiger partial charge is 0.336 e. The van der Waals surface area contributed by atoms with Gasteiger partial charge in [-0.15, -0.1) is 0 Å². The fraction of sp³-hybridized carbons (Fsp3) is 0.550. The molecule has 4 nitrogen and oxygen atoms in total. The molecule has 128 valence electrons. The average molecular weight is 324 g/mol. The van der Waals surface area contributed by atoms with Crippen molar-refractivity contribution in [1.82, 2.24) is 19.4 Å². The third-order valence-corrected chi connectivity index (χ3v) is 5.73. The van der Waals surface area contributed by atoms with E-state index in [0.29, 0.717) is 0 Å². The van der Waals surface area contributed by atoms with Crippen LogP contribution in [0, 0.1) is 5.92 Å². The van der Waals surface area contributed by atoms with Gasteiger partial charge in [0.25, 0.3) is 0 Å². The maximum Gasteiger partial charge on any atom is 0.0946 e. The zero-order chi connectivity index (χ0) is 16.2. The van der Waals surface area contributed by atoms with Gasteiger partial charge < -0.3 is 9.47 Å². The molecule has 0 spiro atoms. The minimum Gasteiger partial charge on any atom is -0.336 e. The van der Waals surface area contributed by atoms with Crippen LogP contribution in [-0.4, -0.2) is 51.6 Å². The molecule has 2 atom stereocenters. The first kappa shape index (κ1) is 15.9. The average Bonchev–Trinajstić information content (AvgIpc) is 3.14. The van der Waals surface area contributed by atoms with Crippen molar-refractivity contribution in [2.24, 2.45) is 5.92 Å². The van der Waals surface area contributed by atoms with Crippen LogP contribution in [0.1, 0.15) is 24.8 Å². The summed E-state index contributed by atoms with van der Waals surface area (Å²) in [5.41, 5.74) is 1.46. The van der Waals surface area contributed by atoms with Gasteiger partial charge in [-0.05, 0) is 43.8 Å². The topological polar surface area (TPSA) is 24.3 Å². The third-order valence-electron chi connectivity index (χ3n) is 5.73. The summed E-state index contributed by atoms with van der Waals surface area (Å²) in [4.78, 5) is 9.55. The quantitative estimate of drug-likeness (QED) is 0.845. The third kappa shape index (κ3) is 3.70. The zero-order valence-electron chi connectivity index (χ0n) is 14.4. The van der Waals surface area contributed by atoms with E-state index in [-0.39, 0.29) is 0 Å². The SMILES string of the molecule is c1ccc(CN2CCC[C@H]3CN(CCn4ccnc4)CC[C@H]32)cc1. The molecule has 4 rings (SSSR count). The van der Waals surface area contributed by atoms with Gasteiger partial charge in [-0.3, -0.25) is 4.90 Å². The normalized spacial score (nSPS) is 25.5. The highest BCUT2D eigenvalue weighted by molar-refractivity contribution is 5.15. The predicted octanol–water partition coefficient (Wildman–Crippen LogP) is 2.87. The number of fused-ring (bicyclic) bond motifs is 1. The smallest absolute Gasteiger partial charge is 0.0946 e. The van der Waals surface area contributed by atoms with Crippen molar-refractivity contribution in [1.29, 1.82) is 0 Å². The van der Waals surface area contributed by atoms with Crippen molar-refractivity contribution < 1.29 is 0 Å². The van der Waals surface area contributed by atoms with Gasteiger partial charge >= 0.3 is 0 Å². The van der Waals surface area contributed by atoms with Gasteiger partial charge in [-0.1, -0.05) is 30.3 Å². The van der Waals surface area contributed by atoms with E-state index in [9.17, 15) is 0 Å². The lowest BCUT2D eigenvalue weighted by Gasteiger charge is -2.47. The molecule has 2 aliphatic rings. The maximum absolute atomic E-state index is 4.14. The highest BCUT2D eigenvalue weighted by Crippen LogP contribution is 2.31. The lowest BCUT2D eigenvalue weighted by Crippen LogP contribution is -2.54. The summed E-state index contributed by atoms with van der Waals surface area (Å²) in [6.07, 6.45) is 9.93. The Morgan fingerprint density at radius 1 is 1.04 bits per heavy atom. The van der Waals surface area contributed by atoms with Crippen molar-refractivity contribution in [3.63, 3.8) is 0 Å². The summed E-state index contributed by atoms with van der Waals surface area (Å²) < 4.78 is 2.19. The van der Waals surface area contributed by atoms with Crippen LogP contribution in [0.15, 0.2) is 49.1 Å². The van der Waals surface area contributed by atoms with Crippen LogP contribution < -0.4 is 0 Å². The number of hydrogen-bond donors (Lipinski definition) is 0. The number of imidazole rings is 1. The van der Waals surface area contributed by atoms with Crippen LogP contribution in [0.4, 0.5) is 0 Å². The van der Waals surface area contributed by atoms with Crippen molar-refractivity contribution in [2.45, 2.75) is 38.4 Å². The molecule has 4 heteroatoms. The Kier molecular flexibility index (Phi) is 4.95. The molecule has 24 heavy (non-hydrogen) atoms. The lowest BCUT2D eigenvalue weighted by atomic mass is 9.83. The number of rotatable bonds is 5. The summed E-state index contributed by atoms with van der Waals surface area (Å²) in [5, 5.41) is 0. The van der Waals surface area contributed by atoms with E-state index in [1.807, 2.05) is 12.5 Å². The Hall–Kier alpha value is -1.65. The van der Waals surface area contributed by atoms with E-state index >= 15 is 0 Å². The molecular formula is C20H28N4. The summed E-state index contributed by atoms with van der Waals surface area (Å²) in [5.74, 6) is 0.846. The van der Waals surface area contributed by atoms with Crippen molar-refractivity contribution in [3.05, 3.63) is 54.6 Å². The van der Waals surface area contributed by atoms with Crippen molar-refractivity contribution in [2.75, 3.05) is 26.2 Å². The second kappa shape index (κ2) is 7.49. The fourth-order valence-electron chi connectivity index (χ4n) is 4.48. The van der Waals surface area contributed by atoms with Crippen LogP contribution in [0.5, 0.6) is 0 Å². The second-order valence-electron chi connectivity index (χ2n) is 7.32. The van der Waals surface area contributed by atoms with Crippen molar-refractivity contribution in [3.8, 4) is 0 Å². The molecule has 2 saturated heterocycles. The van der Waals surface area contributed by atoms with Gasteiger partial charge in [0.2, 0.25) is 0 Å². The van der Waals surface area contributed by atoms with Gasteiger partial charge in [-0.2, -0.15) is 0 Å². The highest BCUT2D eigenvalue weighted by Gasteiger charge is 2.35. The van der Waals surface area contributed by atoms with Crippen LogP contribution in [0.2, 0.25) is 0 Å². The Labute approximate surface area is 145 Å². The molecule has 0 amide bonds. The van der Waals surface area contributed by atoms with E-state index in [1.54, 1.807) is 0 Å². The first-order valence-electron chi connectivity index (χ1n) is 9.34.